The molecule has 0 saturated carbocycles. The molecule has 0 rings (SSSR count). The lowest BCUT2D eigenvalue weighted by Gasteiger charge is -2.09. The third-order valence-electron chi connectivity index (χ3n) is 2.17. The van der Waals surface area contributed by atoms with Crippen molar-refractivity contribution in [3.05, 3.63) is 11.6 Å². The molecule has 0 unspecified atom stereocenters. The van der Waals surface area contributed by atoms with Crippen LogP contribution in [0.3, 0.4) is 0 Å². The summed E-state index contributed by atoms with van der Waals surface area (Å²) in [7, 11) is 5.41. The molecule has 17 heavy (non-hydrogen) atoms. The van der Waals surface area contributed by atoms with Gasteiger partial charge in [0.2, 0.25) is 0 Å². The van der Waals surface area contributed by atoms with Crippen LogP contribution >= 0.6 is 0 Å². The zero-order chi connectivity index (χ0) is 13.1. The van der Waals surface area contributed by atoms with E-state index in [1.165, 1.54) is 7.11 Å². The van der Waals surface area contributed by atoms with E-state index in [9.17, 15) is 4.79 Å². The van der Waals surface area contributed by atoms with Crippen molar-refractivity contribution in [3.63, 3.8) is 0 Å². The number of hydrogen-bond donors (Lipinski definition) is 1. The Morgan fingerprint density at radius 2 is 2.06 bits per heavy atom. The van der Waals surface area contributed by atoms with E-state index in [-0.39, 0.29) is 5.97 Å². The quantitative estimate of drug-likeness (QED) is 0.358. The predicted molar refractivity (Wildman–Crippen MR) is 68.0 cm³/mol. The molecule has 1 N–H and O–H groups in total. The Labute approximate surface area is 104 Å². The van der Waals surface area contributed by atoms with Gasteiger partial charge in [0.1, 0.15) is 0 Å². The van der Waals surface area contributed by atoms with E-state index >= 15 is 0 Å². The molecule has 0 saturated heterocycles. The van der Waals surface area contributed by atoms with Gasteiger partial charge in [-0.2, -0.15) is 0 Å². The summed E-state index contributed by atoms with van der Waals surface area (Å²) in [6, 6.07) is 0. The third-order valence-corrected chi connectivity index (χ3v) is 2.17. The Bertz CT molecular complexity index is 240. The summed E-state index contributed by atoms with van der Waals surface area (Å²) in [5, 5.41) is 3.16. The summed E-state index contributed by atoms with van der Waals surface area (Å²) >= 11 is 0. The van der Waals surface area contributed by atoms with Gasteiger partial charge in [-0.15, -0.1) is 0 Å². The fourth-order valence-electron chi connectivity index (χ4n) is 1.07. The van der Waals surface area contributed by atoms with E-state index in [1.54, 1.807) is 6.92 Å². The van der Waals surface area contributed by atoms with Gasteiger partial charge in [-0.3, -0.25) is 0 Å². The standard InChI is InChI=1S/C12H24N2O3/c1-11(12(15)16-4)5-6-13-7-9-17-10-8-14(2)3/h5,13H,6-10H2,1-4H3. The van der Waals surface area contributed by atoms with Crippen molar-refractivity contribution in [2.75, 3.05) is 54.1 Å². The van der Waals surface area contributed by atoms with Crippen molar-refractivity contribution >= 4 is 5.97 Å². The molecule has 0 aromatic heterocycles. The van der Waals surface area contributed by atoms with Gasteiger partial charge < -0.3 is 19.7 Å². The molecule has 0 aromatic rings. The zero-order valence-electron chi connectivity index (χ0n) is 11.3. The lowest BCUT2D eigenvalue weighted by Crippen LogP contribution is -2.23. The first-order valence-electron chi connectivity index (χ1n) is 5.76. The highest BCUT2D eigenvalue weighted by Gasteiger charge is 2.00. The van der Waals surface area contributed by atoms with Crippen molar-refractivity contribution in [1.82, 2.24) is 10.2 Å². The number of rotatable bonds is 9. The van der Waals surface area contributed by atoms with Gasteiger partial charge in [-0.25, -0.2) is 4.79 Å². The van der Waals surface area contributed by atoms with Crippen LogP contribution < -0.4 is 5.32 Å². The maximum absolute atomic E-state index is 11.0. The van der Waals surface area contributed by atoms with Gasteiger partial charge in [0.15, 0.2) is 0 Å². The van der Waals surface area contributed by atoms with Crippen LogP contribution in [0, 0.1) is 0 Å². The normalized spacial score (nSPS) is 11.9. The van der Waals surface area contributed by atoms with Crippen molar-refractivity contribution < 1.29 is 14.3 Å². The second-order valence-corrected chi connectivity index (χ2v) is 4.00. The molecule has 100 valence electrons. The molecule has 0 amide bonds. The highest BCUT2D eigenvalue weighted by atomic mass is 16.5. The fraction of sp³-hybridized carbons (Fsp3) is 0.750. The molecule has 0 aliphatic rings. The average molecular weight is 244 g/mol. The average Bonchev–Trinajstić information content (AvgIpc) is 2.30. The second kappa shape index (κ2) is 10.3. The van der Waals surface area contributed by atoms with Crippen molar-refractivity contribution in [3.8, 4) is 0 Å². The molecular weight excluding hydrogens is 220 g/mol. The largest absolute Gasteiger partial charge is 0.466 e. The zero-order valence-corrected chi connectivity index (χ0v) is 11.3. The molecule has 0 fully saturated rings. The number of carbonyl (C=O) groups excluding carboxylic acids is 1. The Hall–Kier alpha value is -0.910. The topological polar surface area (TPSA) is 50.8 Å². The number of esters is 1. The van der Waals surface area contributed by atoms with E-state index in [0.29, 0.717) is 18.7 Å². The first kappa shape index (κ1) is 16.1. The van der Waals surface area contributed by atoms with Gasteiger partial charge in [0.05, 0.1) is 20.3 Å². The van der Waals surface area contributed by atoms with Crippen LogP contribution in [0.25, 0.3) is 0 Å². The molecule has 0 bridgehead atoms. The molecule has 0 spiro atoms. The smallest absolute Gasteiger partial charge is 0.333 e. The summed E-state index contributed by atoms with van der Waals surface area (Å²) in [5.41, 5.74) is 0.619. The van der Waals surface area contributed by atoms with Crippen molar-refractivity contribution in [2.24, 2.45) is 0 Å². The minimum Gasteiger partial charge on any atom is -0.466 e. The number of ether oxygens (including phenoxy) is 2. The van der Waals surface area contributed by atoms with Crippen LogP contribution in [0.1, 0.15) is 6.92 Å². The minimum absolute atomic E-state index is 0.283. The number of nitrogens with zero attached hydrogens (tertiary/aromatic N) is 1. The van der Waals surface area contributed by atoms with E-state index < -0.39 is 0 Å². The van der Waals surface area contributed by atoms with Crippen LogP contribution in [0.4, 0.5) is 0 Å². The summed E-state index contributed by atoms with van der Waals surface area (Å²) in [6.45, 7) is 5.52. The SMILES string of the molecule is COC(=O)C(C)=CCNCCOCCN(C)C. The maximum Gasteiger partial charge on any atom is 0.333 e. The van der Waals surface area contributed by atoms with Gasteiger partial charge in [0.25, 0.3) is 0 Å². The van der Waals surface area contributed by atoms with E-state index in [0.717, 1.165) is 19.7 Å². The first-order valence-corrected chi connectivity index (χ1v) is 5.76. The monoisotopic (exact) mass is 244 g/mol. The summed E-state index contributed by atoms with van der Waals surface area (Å²) in [5.74, 6) is -0.283. The molecule has 0 heterocycles. The molecule has 0 radical (unpaired) electrons. The van der Waals surface area contributed by atoms with Gasteiger partial charge >= 0.3 is 5.97 Å². The maximum atomic E-state index is 11.0. The number of likely N-dealkylation sites (N-methyl/N-ethyl adjacent to an activating group) is 1. The minimum atomic E-state index is -0.283. The molecule has 0 aliphatic carbocycles. The Morgan fingerprint density at radius 1 is 1.35 bits per heavy atom. The lowest BCUT2D eigenvalue weighted by molar-refractivity contribution is -0.136. The van der Waals surface area contributed by atoms with Gasteiger partial charge in [-0.1, -0.05) is 6.08 Å². The number of carbonyl (C=O) groups is 1. The van der Waals surface area contributed by atoms with Crippen LogP contribution in [0.5, 0.6) is 0 Å². The third kappa shape index (κ3) is 9.99. The van der Waals surface area contributed by atoms with Crippen LogP contribution in [0.2, 0.25) is 0 Å². The number of methoxy groups -OCH3 is 1. The molecule has 5 heteroatoms. The van der Waals surface area contributed by atoms with Crippen molar-refractivity contribution in [2.45, 2.75) is 6.92 Å². The highest BCUT2D eigenvalue weighted by molar-refractivity contribution is 5.87. The molecule has 0 aromatic carbocycles. The van der Waals surface area contributed by atoms with Gasteiger partial charge in [0, 0.05) is 25.2 Å². The van der Waals surface area contributed by atoms with E-state index in [4.69, 9.17) is 4.74 Å². The fourth-order valence-corrected chi connectivity index (χ4v) is 1.07. The number of hydrogen-bond acceptors (Lipinski definition) is 5. The summed E-state index contributed by atoms with van der Waals surface area (Å²) < 4.78 is 9.98. The summed E-state index contributed by atoms with van der Waals surface area (Å²) in [4.78, 5) is 13.1. The highest BCUT2D eigenvalue weighted by Crippen LogP contribution is 1.93. The van der Waals surface area contributed by atoms with E-state index in [1.807, 2.05) is 20.2 Å². The number of nitrogens with one attached hydrogen (secondary N) is 1. The molecule has 0 atom stereocenters. The Morgan fingerprint density at radius 3 is 2.65 bits per heavy atom. The molecule has 0 aliphatic heterocycles. The van der Waals surface area contributed by atoms with E-state index in [2.05, 4.69) is 15.0 Å². The Balaban J connectivity index is 3.37. The van der Waals surface area contributed by atoms with Crippen LogP contribution in [-0.4, -0.2) is 64.9 Å². The summed E-state index contributed by atoms with van der Waals surface area (Å²) in [6.07, 6.45) is 1.81. The van der Waals surface area contributed by atoms with Crippen LogP contribution in [-0.2, 0) is 14.3 Å². The second-order valence-electron chi connectivity index (χ2n) is 4.00. The first-order chi connectivity index (χ1) is 8.07. The lowest BCUT2D eigenvalue weighted by atomic mass is 10.3. The van der Waals surface area contributed by atoms with Crippen LogP contribution in [0.15, 0.2) is 11.6 Å². The van der Waals surface area contributed by atoms with Gasteiger partial charge in [-0.05, 0) is 21.0 Å². The Kier molecular flexibility index (Phi) is 9.71. The molecular formula is C12H24N2O3. The predicted octanol–water partition coefficient (Wildman–Crippen LogP) is 0.274. The van der Waals surface area contributed by atoms with Crippen molar-refractivity contribution in [1.29, 1.82) is 0 Å². The molecule has 5 nitrogen and oxygen atoms in total.